The average Bonchev–Trinajstić information content (AvgIpc) is 2.52. The molecule has 1 heterocycles. The van der Waals surface area contributed by atoms with E-state index in [1.807, 2.05) is 7.05 Å². The maximum absolute atomic E-state index is 8.27. The van der Waals surface area contributed by atoms with Crippen LogP contribution in [0.1, 0.15) is 6.42 Å². The SMILES string of the molecule is Cn1ncnc1SCCC(N)=NO. The summed E-state index contributed by atoms with van der Waals surface area (Å²) in [5.41, 5.74) is 5.29. The summed E-state index contributed by atoms with van der Waals surface area (Å²) in [4.78, 5) is 4.01. The minimum absolute atomic E-state index is 0.231. The van der Waals surface area contributed by atoms with Gasteiger partial charge in [0.25, 0.3) is 0 Å². The van der Waals surface area contributed by atoms with Crippen molar-refractivity contribution >= 4 is 17.6 Å². The molecule has 0 radical (unpaired) electrons. The van der Waals surface area contributed by atoms with Crippen LogP contribution in [0.5, 0.6) is 0 Å². The molecule has 0 aliphatic rings. The van der Waals surface area contributed by atoms with E-state index < -0.39 is 0 Å². The van der Waals surface area contributed by atoms with Crippen molar-refractivity contribution in [3.63, 3.8) is 0 Å². The van der Waals surface area contributed by atoms with E-state index in [4.69, 9.17) is 10.9 Å². The molecule has 0 aliphatic carbocycles. The molecule has 0 fully saturated rings. The second kappa shape index (κ2) is 4.70. The Labute approximate surface area is 79.8 Å². The Kier molecular flexibility index (Phi) is 3.56. The quantitative estimate of drug-likeness (QED) is 0.236. The summed E-state index contributed by atoms with van der Waals surface area (Å²) in [6.07, 6.45) is 2.03. The van der Waals surface area contributed by atoms with Gasteiger partial charge in [0.05, 0.1) is 0 Å². The Bertz CT molecular complexity index is 297. The van der Waals surface area contributed by atoms with Gasteiger partial charge in [-0.3, -0.25) is 0 Å². The first-order chi connectivity index (χ1) is 6.24. The first-order valence-electron chi connectivity index (χ1n) is 3.67. The van der Waals surface area contributed by atoms with Gasteiger partial charge in [0.2, 0.25) is 0 Å². The molecule has 0 saturated heterocycles. The lowest BCUT2D eigenvalue weighted by Crippen LogP contribution is -2.12. The predicted octanol–water partition coefficient (Wildman–Crippen LogP) is 0.0437. The number of nitrogens with zero attached hydrogens (tertiary/aromatic N) is 4. The number of hydrogen-bond donors (Lipinski definition) is 2. The third kappa shape index (κ3) is 2.94. The first kappa shape index (κ1) is 9.85. The largest absolute Gasteiger partial charge is 0.409 e. The molecule has 72 valence electrons. The van der Waals surface area contributed by atoms with E-state index in [1.165, 1.54) is 18.1 Å². The van der Waals surface area contributed by atoms with Gasteiger partial charge in [-0.25, -0.2) is 9.67 Å². The van der Waals surface area contributed by atoms with Gasteiger partial charge in [-0.05, 0) is 0 Å². The van der Waals surface area contributed by atoms with E-state index in [2.05, 4.69) is 15.2 Å². The zero-order valence-corrected chi connectivity index (χ0v) is 8.03. The Hall–Kier alpha value is -1.24. The second-order valence-electron chi connectivity index (χ2n) is 2.36. The zero-order valence-electron chi connectivity index (χ0n) is 7.21. The lowest BCUT2D eigenvalue weighted by Gasteiger charge is -1.98. The molecule has 0 unspecified atom stereocenters. The Morgan fingerprint density at radius 2 is 2.62 bits per heavy atom. The van der Waals surface area contributed by atoms with Gasteiger partial charge in [0, 0.05) is 19.2 Å². The Morgan fingerprint density at radius 3 is 3.15 bits per heavy atom. The number of nitrogens with two attached hydrogens (primary N) is 1. The minimum Gasteiger partial charge on any atom is -0.409 e. The number of aromatic nitrogens is 3. The van der Waals surface area contributed by atoms with Crippen LogP contribution in [-0.2, 0) is 7.05 Å². The summed E-state index contributed by atoms with van der Waals surface area (Å²) >= 11 is 1.51. The summed E-state index contributed by atoms with van der Waals surface area (Å²) in [6.45, 7) is 0. The molecular formula is C6H11N5OS. The van der Waals surface area contributed by atoms with E-state index >= 15 is 0 Å². The van der Waals surface area contributed by atoms with Crippen molar-refractivity contribution in [3.8, 4) is 0 Å². The zero-order chi connectivity index (χ0) is 9.68. The summed E-state index contributed by atoms with van der Waals surface area (Å²) in [7, 11) is 1.82. The number of aryl methyl sites for hydroxylation is 1. The molecule has 7 heteroatoms. The van der Waals surface area contributed by atoms with Crippen molar-refractivity contribution in [2.75, 3.05) is 5.75 Å². The molecule has 0 saturated carbocycles. The molecule has 0 bridgehead atoms. The highest BCUT2D eigenvalue weighted by molar-refractivity contribution is 7.99. The third-order valence-electron chi connectivity index (χ3n) is 1.39. The van der Waals surface area contributed by atoms with Crippen molar-refractivity contribution < 1.29 is 5.21 Å². The molecule has 0 aliphatic heterocycles. The fraction of sp³-hybridized carbons (Fsp3) is 0.500. The van der Waals surface area contributed by atoms with Crippen LogP contribution in [-0.4, -0.2) is 31.6 Å². The molecule has 3 N–H and O–H groups in total. The van der Waals surface area contributed by atoms with Crippen LogP contribution >= 0.6 is 11.8 Å². The normalized spacial score (nSPS) is 11.9. The van der Waals surface area contributed by atoms with E-state index in [0.29, 0.717) is 6.42 Å². The van der Waals surface area contributed by atoms with E-state index in [-0.39, 0.29) is 5.84 Å². The Balaban J connectivity index is 2.32. The van der Waals surface area contributed by atoms with Crippen LogP contribution in [0, 0.1) is 0 Å². The van der Waals surface area contributed by atoms with Crippen molar-refractivity contribution in [1.29, 1.82) is 0 Å². The van der Waals surface area contributed by atoms with E-state index in [1.54, 1.807) is 4.68 Å². The van der Waals surface area contributed by atoms with E-state index in [9.17, 15) is 0 Å². The topological polar surface area (TPSA) is 89.3 Å². The lowest BCUT2D eigenvalue weighted by atomic mass is 10.5. The molecule has 0 aromatic carbocycles. The van der Waals surface area contributed by atoms with Crippen LogP contribution in [0.25, 0.3) is 0 Å². The van der Waals surface area contributed by atoms with Crippen LogP contribution in [0.15, 0.2) is 16.6 Å². The van der Waals surface area contributed by atoms with Gasteiger partial charge in [-0.1, -0.05) is 16.9 Å². The standard InChI is InChI=1S/C6H11N5OS/c1-11-6(8-4-9-11)13-3-2-5(7)10-12/h4,12H,2-3H2,1H3,(H2,7,10). The van der Waals surface area contributed by atoms with Gasteiger partial charge in [-0.15, -0.1) is 0 Å². The van der Waals surface area contributed by atoms with Crippen molar-refractivity contribution in [2.45, 2.75) is 11.6 Å². The molecule has 0 amide bonds. The average molecular weight is 201 g/mol. The lowest BCUT2D eigenvalue weighted by molar-refractivity contribution is 0.317. The summed E-state index contributed by atoms with van der Waals surface area (Å²) in [6, 6.07) is 0. The van der Waals surface area contributed by atoms with Gasteiger partial charge in [0.15, 0.2) is 5.16 Å². The molecule has 13 heavy (non-hydrogen) atoms. The smallest absolute Gasteiger partial charge is 0.185 e. The van der Waals surface area contributed by atoms with Gasteiger partial charge >= 0.3 is 0 Å². The van der Waals surface area contributed by atoms with Crippen LogP contribution in [0.2, 0.25) is 0 Å². The maximum atomic E-state index is 8.27. The number of hydrogen-bond acceptors (Lipinski definition) is 5. The number of oxime groups is 1. The number of amidine groups is 1. The molecule has 0 spiro atoms. The van der Waals surface area contributed by atoms with Crippen molar-refractivity contribution in [2.24, 2.45) is 17.9 Å². The molecule has 1 rings (SSSR count). The van der Waals surface area contributed by atoms with Gasteiger partial charge in [0.1, 0.15) is 12.2 Å². The first-order valence-corrected chi connectivity index (χ1v) is 4.66. The minimum atomic E-state index is 0.231. The Morgan fingerprint density at radius 1 is 1.85 bits per heavy atom. The second-order valence-corrected chi connectivity index (χ2v) is 3.42. The summed E-state index contributed by atoms with van der Waals surface area (Å²) in [5.74, 6) is 0.956. The number of thioether (sulfide) groups is 1. The fourth-order valence-electron chi connectivity index (χ4n) is 0.713. The molecule has 6 nitrogen and oxygen atoms in total. The fourth-order valence-corrected chi connectivity index (χ4v) is 1.56. The number of rotatable bonds is 4. The monoisotopic (exact) mass is 201 g/mol. The maximum Gasteiger partial charge on any atom is 0.185 e. The van der Waals surface area contributed by atoms with Crippen molar-refractivity contribution in [1.82, 2.24) is 14.8 Å². The molecular weight excluding hydrogens is 190 g/mol. The highest BCUT2D eigenvalue weighted by Gasteiger charge is 2.01. The van der Waals surface area contributed by atoms with Gasteiger partial charge < -0.3 is 10.9 Å². The van der Waals surface area contributed by atoms with Crippen LogP contribution in [0.3, 0.4) is 0 Å². The van der Waals surface area contributed by atoms with Crippen LogP contribution < -0.4 is 5.73 Å². The molecule has 1 aromatic heterocycles. The van der Waals surface area contributed by atoms with E-state index in [0.717, 1.165) is 10.9 Å². The highest BCUT2D eigenvalue weighted by atomic mass is 32.2. The summed E-state index contributed by atoms with van der Waals surface area (Å²) in [5, 5.41) is 15.9. The van der Waals surface area contributed by atoms with Gasteiger partial charge in [-0.2, -0.15) is 5.10 Å². The molecule has 1 aromatic rings. The highest BCUT2D eigenvalue weighted by Crippen LogP contribution is 2.13. The van der Waals surface area contributed by atoms with Crippen molar-refractivity contribution in [3.05, 3.63) is 6.33 Å². The molecule has 0 atom stereocenters. The third-order valence-corrected chi connectivity index (χ3v) is 2.42. The van der Waals surface area contributed by atoms with Crippen LogP contribution in [0.4, 0.5) is 0 Å². The predicted molar refractivity (Wildman–Crippen MR) is 49.8 cm³/mol. The summed E-state index contributed by atoms with van der Waals surface area (Å²) < 4.78 is 1.68.